The Balaban J connectivity index is 2.00. The molecule has 0 radical (unpaired) electrons. The number of amides is 1. The Labute approximate surface area is 202 Å². The van der Waals surface area contributed by atoms with E-state index in [1.807, 2.05) is 49.4 Å². The summed E-state index contributed by atoms with van der Waals surface area (Å²) in [6.45, 7) is 11.6. The van der Waals surface area contributed by atoms with Gasteiger partial charge in [-0.2, -0.15) is 0 Å². The number of aliphatic hydroxyl groups is 1. The maximum absolute atomic E-state index is 13.2. The molecule has 1 unspecified atom stereocenters. The Hall–Kier alpha value is -3.12. The largest absolute Gasteiger partial charge is 0.507 e. The number of carbonyl (C=O) groups is 2. The van der Waals surface area contributed by atoms with Crippen LogP contribution >= 0.6 is 0 Å². The first-order valence-electron chi connectivity index (χ1n) is 12.2. The number of ether oxygens (including phenoxy) is 1. The molecule has 34 heavy (non-hydrogen) atoms. The second-order valence-electron chi connectivity index (χ2n) is 8.61. The minimum absolute atomic E-state index is 0.134. The Morgan fingerprint density at radius 3 is 2.38 bits per heavy atom. The van der Waals surface area contributed by atoms with E-state index in [-0.39, 0.29) is 11.3 Å². The van der Waals surface area contributed by atoms with Crippen molar-refractivity contribution >= 4 is 17.4 Å². The molecule has 1 N–H and O–H groups in total. The van der Waals surface area contributed by atoms with Crippen molar-refractivity contribution in [3.63, 3.8) is 0 Å². The lowest BCUT2D eigenvalue weighted by atomic mass is 9.95. The van der Waals surface area contributed by atoms with E-state index in [2.05, 4.69) is 25.7 Å². The van der Waals surface area contributed by atoms with Crippen LogP contribution < -0.4 is 4.74 Å². The van der Waals surface area contributed by atoms with E-state index < -0.39 is 17.7 Å². The van der Waals surface area contributed by atoms with Gasteiger partial charge in [-0.25, -0.2) is 0 Å². The highest BCUT2D eigenvalue weighted by atomic mass is 16.5. The first kappa shape index (κ1) is 25.5. The summed E-state index contributed by atoms with van der Waals surface area (Å²) >= 11 is 0. The van der Waals surface area contributed by atoms with Gasteiger partial charge in [-0.05, 0) is 55.8 Å². The second-order valence-corrected chi connectivity index (χ2v) is 8.61. The Bertz CT molecular complexity index is 1030. The molecule has 1 atom stereocenters. The molecular weight excluding hydrogens is 428 g/mol. The number of likely N-dealkylation sites (tertiary alicyclic amines) is 1. The Morgan fingerprint density at radius 1 is 1.06 bits per heavy atom. The highest BCUT2D eigenvalue weighted by Gasteiger charge is 2.45. The van der Waals surface area contributed by atoms with E-state index in [0.29, 0.717) is 25.3 Å². The van der Waals surface area contributed by atoms with Crippen molar-refractivity contribution in [1.82, 2.24) is 9.80 Å². The minimum atomic E-state index is -0.646. The molecule has 1 fully saturated rings. The molecule has 1 aliphatic rings. The van der Waals surface area contributed by atoms with Crippen LogP contribution in [-0.2, 0) is 9.59 Å². The minimum Gasteiger partial charge on any atom is -0.507 e. The summed E-state index contributed by atoms with van der Waals surface area (Å²) in [5, 5.41) is 11.3. The van der Waals surface area contributed by atoms with E-state index >= 15 is 0 Å². The molecule has 3 rings (SSSR count). The highest BCUT2D eigenvalue weighted by molar-refractivity contribution is 6.46. The molecule has 1 saturated heterocycles. The summed E-state index contributed by atoms with van der Waals surface area (Å²) in [6, 6.07) is 14.2. The van der Waals surface area contributed by atoms with Gasteiger partial charge in [0.2, 0.25) is 0 Å². The van der Waals surface area contributed by atoms with Crippen LogP contribution in [0.2, 0.25) is 0 Å². The molecule has 6 nitrogen and oxygen atoms in total. The molecule has 182 valence electrons. The van der Waals surface area contributed by atoms with Crippen molar-refractivity contribution in [2.45, 2.75) is 46.6 Å². The van der Waals surface area contributed by atoms with Crippen LogP contribution in [-0.4, -0.2) is 59.4 Å². The van der Waals surface area contributed by atoms with E-state index in [1.165, 1.54) is 0 Å². The number of hydrogen-bond donors (Lipinski definition) is 1. The average molecular weight is 465 g/mol. The molecule has 1 amide bonds. The third-order valence-electron chi connectivity index (χ3n) is 6.41. The van der Waals surface area contributed by atoms with Gasteiger partial charge in [-0.1, -0.05) is 57.5 Å². The fraction of sp³-hybridized carbons (Fsp3) is 0.429. The number of carbonyl (C=O) groups excluding carboxylic acids is 2. The van der Waals surface area contributed by atoms with Crippen LogP contribution in [0.3, 0.4) is 0 Å². The predicted molar refractivity (Wildman–Crippen MR) is 135 cm³/mol. The Kier molecular flexibility index (Phi) is 8.88. The molecule has 0 bridgehead atoms. The maximum atomic E-state index is 13.2. The monoisotopic (exact) mass is 464 g/mol. The number of likely N-dealkylation sites (N-methyl/N-ethyl adjacent to an activating group) is 1. The quantitative estimate of drug-likeness (QED) is 0.221. The number of nitrogens with zero attached hydrogens (tertiary/aromatic N) is 2. The summed E-state index contributed by atoms with van der Waals surface area (Å²) in [5.74, 6) is -0.615. The molecule has 0 spiro atoms. The SMILES string of the molecule is CCCCOc1ccc(/C(O)=C2/C(=O)C(=O)N(CCN(CC)CC)C2c2ccccc2)cc1C. The summed E-state index contributed by atoms with van der Waals surface area (Å²) in [6.07, 6.45) is 2.01. The molecule has 6 heteroatoms. The van der Waals surface area contributed by atoms with Crippen LogP contribution in [0, 0.1) is 6.92 Å². The third-order valence-corrected chi connectivity index (χ3v) is 6.41. The van der Waals surface area contributed by atoms with Crippen molar-refractivity contribution in [2.75, 3.05) is 32.8 Å². The zero-order valence-corrected chi connectivity index (χ0v) is 20.7. The normalized spacial score (nSPS) is 17.6. The first-order valence-corrected chi connectivity index (χ1v) is 12.2. The van der Waals surface area contributed by atoms with Crippen LogP contribution in [0.25, 0.3) is 5.76 Å². The number of benzene rings is 2. The van der Waals surface area contributed by atoms with Crippen molar-refractivity contribution in [3.05, 3.63) is 70.8 Å². The molecule has 0 saturated carbocycles. The third kappa shape index (κ3) is 5.50. The molecule has 1 heterocycles. The fourth-order valence-corrected chi connectivity index (χ4v) is 4.32. The van der Waals surface area contributed by atoms with Crippen LogP contribution in [0.5, 0.6) is 5.75 Å². The zero-order chi connectivity index (χ0) is 24.7. The van der Waals surface area contributed by atoms with Gasteiger partial charge < -0.3 is 19.6 Å². The number of rotatable bonds is 11. The second kappa shape index (κ2) is 11.8. The molecule has 0 aromatic heterocycles. The summed E-state index contributed by atoms with van der Waals surface area (Å²) in [7, 11) is 0. The summed E-state index contributed by atoms with van der Waals surface area (Å²) < 4.78 is 5.83. The maximum Gasteiger partial charge on any atom is 0.295 e. The van der Waals surface area contributed by atoms with Crippen LogP contribution in [0.15, 0.2) is 54.1 Å². The van der Waals surface area contributed by atoms with Crippen LogP contribution in [0.4, 0.5) is 0 Å². The number of ketones is 1. The number of unbranched alkanes of at least 4 members (excludes halogenated alkanes) is 1. The van der Waals surface area contributed by atoms with Gasteiger partial charge in [0.15, 0.2) is 0 Å². The first-order chi connectivity index (χ1) is 16.4. The fourth-order valence-electron chi connectivity index (χ4n) is 4.32. The van der Waals surface area contributed by atoms with Gasteiger partial charge >= 0.3 is 0 Å². The number of aliphatic hydroxyl groups excluding tert-OH is 1. The van der Waals surface area contributed by atoms with Gasteiger partial charge in [0.25, 0.3) is 11.7 Å². The Morgan fingerprint density at radius 2 is 1.76 bits per heavy atom. The van der Waals surface area contributed by atoms with Gasteiger partial charge in [-0.15, -0.1) is 0 Å². The van der Waals surface area contributed by atoms with E-state index in [9.17, 15) is 14.7 Å². The predicted octanol–water partition coefficient (Wildman–Crippen LogP) is 4.94. The van der Waals surface area contributed by atoms with Crippen molar-refractivity contribution in [1.29, 1.82) is 0 Å². The molecule has 0 aliphatic carbocycles. The van der Waals surface area contributed by atoms with Gasteiger partial charge in [0.05, 0.1) is 18.2 Å². The van der Waals surface area contributed by atoms with Crippen molar-refractivity contribution in [3.8, 4) is 5.75 Å². The summed E-state index contributed by atoms with van der Waals surface area (Å²) in [5.41, 5.74) is 2.31. The lowest BCUT2D eigenvalue weighted by Gasteiger charge is -2.28. The van der Waals surface area contributed by atoms with Gasteiger partial charge in [0.1, 0.15) is 11.5 Å². The molecule has 2 aromatic carbocycles. The smallest absolute Gasteiger partial charge is 0.295 e. The molecule has 2 aromatic rings. The number of hydrogen-bond acceptors (Lipinski definition) is 5. The lowest BCUT2D eigenvalue weighted by Crippen LogP contribution is -2.38. The molecular formula is C28H36N2O4. The number of Topliss-reactive ketones (excluding diaryl/α,β-unsaturated/α-hetero) is 1. The average Bonchev–Trinajstić information content (AvgIpc) is 3.10. The summed E-state index contributed by atoms with van der Waals surface area (Å²) in [4.78, 5) is 30.1. The topological polar surface area (TPSA) is 70.1 Å². The van der Waals surface area contributed by atoms with Gasteiger partial charge in [-0.3, -0.25) is 9.59 Å². The molecule has 1 aliphatic heterocycles. The zero-order valence-electron chi connectivity index (χ0n) is 20.7. The number of aryl methyl sites for hydroxylation is 1. The van der Waals surface area contributed by atoms with E-state index in [4.69, 9.17) is 4.74 Å². The van der Waals surface area contributed by atoms with Gasteiger partial charge in [0, 0.05) is 18.7 Å². The highest BCUT2D eigenvalue weighted by Crippen LogP contribution is 2.39. The van der Waals surface area contributed by atoms with Crippen molar-refractivity contribution in [2.24, 2.45) is 0 Å². The lowest BCUT2D eigenvalue weighted by molar-refractivity contribution is -0.140. The standard InChI is InChI=1S/C28H36N2O4/c1-5-8-18-34-23-15-14-22(19-20(23)4)26(31)24-25(21-12-10-9-11-13-21)30(28(33)27(24)32)17-16-29(6-2)7-3/h9-15,19,25,31H,5-8,16-18H2,1-4H3/b26-24-. The van der Waals surface area contributed by atoms with E-state index in [1.54, 1.807) is 11.0 Å². The van der Waals surface area contributed by atoms with Crippen LogP contribution in [0.1, 0.15) is 56.3 Å². The van der Waals surface area contributed by atoms with E-state index in [0.717, 1.165) is 42.8 Å². The van der Waals surface area contributed by atoms with Crippen molar-refractivity contribution < 1.29 is 19.4 Å².